The maximum atomic E-state index is 11.1. The predicted octanol–water partition coefficient (Wildman–Crippen LogP) is 0.145. The second-order valence-electron chi connectivity index (χ2n) is 3.52. The van der Waals surface area contributed by atoms with Crippen molar-refractivity contribution < 1.29 is 18.3 Å². The fourth-order valence-electron chi connectivity index (χ4n) is 1.72. The minimum absolute atomic E-state index is 0.0361. The van der Waals surface area contributed by atoms with Gasteiger partial charge in [0.15, 0.2) is 9.84 Å². The Hall–Kier alpha value is -1.02. The van der Waals surface area contributed by atoms with Gasteiger partial charge in [0, 0.05) is 6.42 Å². The van der Waals surface area contributed by atoms with Crippen LogP contribution in [0.1, 0.15) is 12.8 Å². The maximum absolute atomic E-state index is 11.1. The van der Waals surface area contributed by atoms with Crippen molar-refractivity contribution in [1.29, 1.82) is 0 Å². The van der Waals surface area contributed by atoms with E-state index >= 15 is 0 Å². The molecule has 0 amide bonds. The van der Waals surface area contributed by atoms with Crippen LogP contribution in [0.2, 0.25) is 0 Å². The Morgan fingerprint density at radius 2 is 2.29 bits per heavy atom. The van der Waals surface area contributed by atoms with E-state index in [0.29, 0.717) is 6.42 Å². The average molecular weight is 216 g/mol. The summed E-state index contributed by atoms with van der Waals surface area (Å²) in [6, 6.07) is 0. The molecule has 1 saturated heterocycles. The van der Waals surface area contributed by atoms with Gasteiger partial charge >= 0.3 is 5.97 Å². The molecule has 0 aromatic rings. The van der Waals surface area contributed by atoms with E-state index in [1.54, 1.807) is 0 Å². The summed E-state index contributed by atoms with van der Waals surface area (Å²) < 4.78 is 22.3. The highest BCUT2D eigenvalue weighted by atomic mass is 32.2. The third kappa shape index (κ3) is 2.48. The lowest BCUT2D eigenvalue weighted by atomic mass is 9.89. The van der Waals surface area contributed by atoms with Crippen molar-refractivity contribution in [2.24, 2.45) is 11.8 Å². The van der Waals surface area contributed by atoms with Crippen LogP contribution in [-0.2, 0) is 14.6 Å². The summed E-state index contributed by atoms with van der Waals surface area (Å²) in [6.07, 6.45) is 5.56. The van der Waals surface area contributed by atoms with E-state index in [1.807, 2.05) is 0 Å². The van der Waals surface area contributed by atoms with Crippen molar-refractivity contribution in [3.05, 3.63) is 0 Å². The standard InChI is InChI=1S/C9H12O4S/c1-2-3-8(9(10)11)7-4-5-14(12,13)6-7/h1,7-8H,3-6H2,(H,10,11). The zero-order chi connectivity index (χ0) is 10.8. The van der Waals surface area contributed by atoms with E-state index in [0.717, 1.165) is 0 Å². The van der Waals surface area contributed by atoms with Gasteiger partial charge in [-0.3, -0.25) is 4.79 Å². The minimum atomic E-state index is -3.02. The zero-order valence-electron chi connectivity index (χ0n) is 7.64. The van der Waals surface area contributed by atoms with Crippen molar-refractivity contribution in [1.82, 2.24) is 0 Å². The SMILES string of the molecule is C#CCC(C(=O)O)C1CCS(=O)(=O)C1. The molecule has 1 N–H and O–H groups in total. The van der Waals surface area contributed by atoms with Gasteiger partial charge in [-0.1, -0.05) is 0 Å². The van der Waals surface area contributed by atoms with Gasteiger partial charge in [-0.25, -0.2) is 8.42 Å². The van der Waals surface area contributed by atoms with Gasteiger partial charge in [0.05, 0.1) is 17.4 Å². The highest BCUT2D eigenvalue weighted by molar-refractivity contribution is 7.91. The molecular weight excluding hydrogens is 204 g/mol. The monoisotopic (exact) mass is 216 g/mol. The molecule has 0 aromatic heterocycles. The summed E-state index contributed by atoms with van der Waals surface area (Å²) in [5, 5.41) is 8.84. The number of sulfone groups is 1. The number of carbonyl (C=O) groups is 1. The molecule has 1 aliphatic rings. The first-order valence-electron chi connectivity index (χ1n) is 4.33. The first-order chi connectivity index (χ1) is 6.46. The van der Waals surface area contributed by atoms with Crippen LogP contribution in [0.5, 0.6) is 0 Å². The minimum Gasteiger partial charge on any atom is -0.481 e. The average Bonchev–Trinajstić information content (AvgIpc) is 2.41. The Balaban J connectivity index is 2.73. The summed E-state index contributed by atoms with van der Waals surface area (Å²) in [5.41, 5.74) is 0. The van der Waals surface area contributed by atoms with Crippen molar-refractivity contribution in [2.75, 3.05) is 11.5 Å². The van der Waals surface area contributed by atoms with Crippen LogP contribution in [0.15, 0.2) is 0 Å². The molecule has 1 heterocycles. The molecule has 2 atom stereocenters. The molecule has 5 heteroatoms. The molecule has 14 heavy (non-hydrogen) atoms. The smallest absolute Gasteiger partial charge is 0.307 e. The first kappa shape index (κ1) is 11.1. The number of terminal acetylenes is 1. The number of aliphatic carboxylic acids is 1. The summed E-state index contributed by atoms with van der Waals surface area (Å²) in [6.45, 7) is 0. The van der Waals surface area contributed by atoms with E-state index in [4.69, 9.17) is 11.5 Å². The summed E-state index contributed by atoms with van der Waals surface area (Å²) >= 11 is 0. The molecule has 4 nitrogen and oxygen atoms in total. The quantitative estimate of drug-likeness (QED) is 0.681. The highest BCUT2D eigenvalue weighted by Crippen LogP contribution is 2.28. The highest BCUT2D eigenvalue weighted by Gasteiger charge is 2.36. The normalized spacial score (nSPS) is 26.6. The molecule has 0 radical (unpaired) electrons. The van der Waals surface area contributed by atoms with E-state index in [-0.39, 0.29) is 23.8 Å². The van der Waals surface area contributed by atoms with Gasteiger partial charge in [0.2, 0.25) is 0 Å². The van der Waals surface area contributed by atoms with E-state index in [9.17, 15) is 13.2 Å². The van der Waals surface area contributed by atoms with E-state index < -0.39 is 21.7 Å². The fourth-order valence-corrected chi connectivity index (χ4v) is 3.60. The largest absolute Gasteiger partial charge is 0.481 e. The molecular formula is C9H12O4S. The second kappa shape index (κ2) is 4.01. The van der Waals surface area contributed by atoms with Gasteiger partial charge in [-0.15, -0.1) is 12.3 Å². The Kier molecular flexibility index (Phi) is 3.17. The molecule has 2 unspecified atom stereocenters. The molecule has 0 bridgehead atoms. The number of hydrogen-bond donors (Lipinski definition) is 1. The molecule has 0 aliphatic carbocycles. The number of rotatable bonds is 3. The lowest BCUT2D eigenvalue weighted by Gasteiger charge is -2.14. The van der Waals surface area contributed by atoms with Crippen LogP contribution >= 0.6 is 0 Å². The van der Waals surface area contributed by atoms with Gasteiger partial charge in [0.25, 0.3) is 0 Å². The van der Waals surface area contributed by atoms with Gasteiger partial charge in [-0.05, 0) is 12.3 Å². The van der Waals surface area contributed by atoms with Crippen LogP contribution in [0.3, 0.4) is 0 Å². The van der Waals surface area contributed by atoms with Crippen LogP contribution in [0.4, 0.5) is 0 Å². The molecule has 1 aliphatic heterocycles. The van der Waals surface area contributed by atoms with Crippen LogP contribution in [0.25, 0.3) is 0 Å². The predicted molar refractivity (Wildman–Crippen MR) is 51.3 cm³/mol. The third-order valence-electron chi connectivity index (χ3n) is 2.49. The van der Waals surface area contributed by atoms with Gasteiger partial charge < -0.3 is 5.11 Å². The van der Waals surface area contributed by atoms with Gasteiger partial charge in [-0.2, -0.15) is 0 Å². The van der Waals surface area contributed by atoms with Gasteiger partial charge in [0.1, 0.15) is 0 Å². The molecule has 1 rings (SSSR count). The zero-order valence-corrected chi connectivity index (χ0v) is 8.46. The van der Waals surface area contributed by atoms with Crippen molar-refractivity contribution in [3.63, 3.8) is 0 Å². The molecule has 0 aromatic carbocycles. The molecule has 0 saturated carbocycles. The Bertz CT molecular complexity index is 363. The molecule has 78 valence electrons. The fraction of sp³-hybridized carbons (Fsp3) is 0.667. The maximum Gasteiger partial charge on any atom is 0.307 e. The Labute approximate surface area is 83.2 Å². The molecule has 0 spiro atoms. The lowest BCUT2D eigenvalue weighted by molar-refractivity contribution is -0.143. The van der Waals surface area contributed by atoms with E-state index in [2.05, 4.69) is 5.92 Å². The number of carboxylic acid groups (broad SMARTS) is 1. The third-order valence-corrected chi connectivity index (χ3v) is 4.29. The van der Waals surface area contributed by atoms with Crippen molar-refractivity contribution in [3.8, 4) is 12.3 Å². The van der Waals surface area contributed by atoms with Crippen LogP contribution < -0.4 is 0 Å². The van der Waals surface area contributed by atoms with E-state index in [1.165, 1.54) is 0 Å². The second-order valence-corrected chi connectivity index (χ2v) is 5.74. The number of carboxylic acids is 1. The van der Waals surface area contributed by atoms with Crippen LogP contribution in [-0.4, -0.2) is 31.0 Å². The van der Waals surface area contributed by atoms with Crippen molar-refractivity contribution in [2.45, 2.75) is 12.8 Å². The summed E-state index contributed by atoms with van der Waals surface area (Å²) in [7, 11) is -3.02. The summed E-state index contributed by atoms with van der Waals surface area (Å²) in [4.78, 5) is 10.8. The topological polar surface area (TPSA) is 71.4 Å². The lowest BCUT2D eigenvalue weighted by Crippen LogP contribution is -2.24. The molecule has 1 fully saturated rings. The van der Waals surface area contributed by atoms with Crippen LogP contribution in [0, 0.1) is 24.2 Å². The Morgan fingerprint density at radius 1 is 1.64 bits per heavy atom. The number of hydrogen-bond acceptors (Lipinski definition) is 3. The Morgan fingerprint density at radius 3 is 2.64 bits per heavy atom. The summed E-state index contributed by atoms with van der Waals surface area (Å²) in [5.74, 6) is 0.313. The first-order valence-corrected chi connectivity index (χ1v) is 6.15. The van der Waals surface area contributed by atoms with Crippen molar-refractivity contribution >= 4 is 15.8 Å².